The Bertz CT molecular complexity index is 2320. The number of rotatable bonds is 14. The average Bonchev–Trinajstić information content (AvgIpc) is 3.45. The molecule has 0 bridgehead atoms. The lowest BCUT2D eigenvalue weighted by molar-refractivity contribution is -0.139. The van der Waals surface area contributed by atoms with Crippen LogP contribution < -0.4 is 0 Å². The van der Waals surface area contributed by atoms with Crippen molar-refractivity contribution in [2.24, 2.45) is 0 Å². The summed E-state index contributed by atoms with van der Waals surface area (Å²) < 4.78 is 11.0. The molecule has 0 atom stereocenters. The summed E-state index contributed by atoms with van der Waals surface area (Å²) in [6.45, 7) is 13.7. The number of fused-ring (bicyclic) bond motifs is 5. The second kappa shape index (κ2) is 15.7. The number of unbranched alkanes of at least 4 members (excludes halogenated alkanes) is 2. The van der Waals surface area contributed by atoms with Crippen molar-refractivity contribution in [2.45, 2.75) is 64.7 Å². The van der Waals surface area contributed by atoms with Crippen molar-refractivity contribution in [3.05, 3.63) is 156 Å². The van der Waals surface area contributed by atoms with Crippen LogP contribution in [0.4, 0.5) is 0 Å². The van der Waals surface area contributed by atoms with Crippen molar-refractivity contribution >= 4 is 33.5 Å². The standard InChI is InChI=1S/C50H48O4/c1-33(2)48(51)53-29-14-12-27-50(28-13-15-30-54-49(52)34(3)4)44-24-11-10-19-38(44)39-26-25-37(32-45(39)50)47-42-22-8-6-20-40(42)46(36-18-16-17-35(5)31-36)41-21-7-9-23-43(41)47/h6-11,16-26,31-32H,1,3,12-15,27-30H2,2,4-5H3. The monoisotopic (exact) mass is 712 g/mol. The molecule has 272 valence electrons. The summed E-state index contributed by atoms with van der Waals surface area (Å²) >= 11 is 0. The molecule has 0 unspecified atom stereocenters. The third-order valence-corrected chi connectivity index (χ3v) is 11.0. The maximum absolute atomic E-state index is 12.2. The van der Waals surface area contributed by atoms with Crippen molar-refractivity contribution in [3.8, 4) is 33.4 Å². The topological polar surface area (TPSA) is 52.6 Å². The molecule has 6 aromatic rings. The summed E-state index contributed by atoms with van der Waals surface area (Å²) in [5, 5.41) is 4.93. The van der Waals surface area contributed by atoms with Crippen LogP contribution in [0.2, 0.25) is 0 Å². The summed E-state index contributed by atoms with van der Waals surface area (Å²) in [7, 11) is 0. The van der Waals surface area contributed by atoms with Gasteiger partial charge in [0, 0.05) is 16.6 Å². The van der Waals surface area contributed by atoms with Crippen molar-refractivity contribution in [1.29, 1.82) is 0 Å². The van der Waals surface area contributed by atoms with Gasteiger partial charge in [0.15, 0.2) is 0 Å². The van der Waals surface area contributed by atoms with E-state index in [-0.39, 0.29) is 17.4 Å². The Labute approximate surface area is 319 Å². The summed E-state index contributed by atoms with van der Waals surface area (Å²) in [6.07, 6.45) is 5.05. The fourth-order valence-electron chi connectivity index (χ4n) is 8.46. The molecule has 7 rings (SSSR count). The first-order chi connectivity index (χ1) is 26.2. The molecule has 0 N–H and O–H groups in total. The summed E-state index contributed by atoms with van der Waals surface area (Å²) in [5.74, 6) is -0.689. The van der Waals surface area contributed by atoms with E-state index < -0.39 is 0 Å². The molecule has 0 spiro atoms. The van der Waals surface area contributed by atoms with Gasteiger partial charge in [-0.1, -0.05) is 128 Å². The Morgan fingerprint density at radius 2 is 1.02 bits per heavy atom. The molecule has 0 radical (unpaired) electrons. The van der Waals surface area contributed by atoms with Gasteiger partial charge in [0.2, 0.25) is 0 Å². The largest absolute Gasteiger partial charge is 0.462 e. The van der Waals surface area contributed by atoms with Crippen LogP contribution in [0.15, 0.2) is 140 Å². The SMILES string of the molecule is C=C(C)C(=O)OCCCCC1(CCCCOC(=O)C(=C)C)c2ccccc2-c2ccc(-c3c4ccccc4c(-c4cccc(C)c4)c4ccccc34)cc21. The number of carbonyl (C=O) groups is 2. The number of esters is 2. The quantitative estimate of drug-likeness (QED) is 0.0488. The molecule has 0 saturated heterocycles. The lowest BCUT2D eigenvalue weighted by Gasteiger charge is -2.33. The minimum absolute atomic E-state index is 0.272. The molecule has 0 aliphatic heterocycles. The molecule has 4 nitrogen and oxygen atoms in total. The lowest BCUT2D eigenvalue weighted by atomic mass is 9.70. The van der Waals surface area contributed by atoms with Gasteiger partial charge in [-0.3, -0.25) is 0 Å². The summed E-state index contributed by atoms with van der Waals surface area (Å²) in [6, 6.07) is 42.4. The van der Waals surface area contributed by atoms with E-state index >= 15 is 0 Å². The fourth-order valence-corrected chi connectivity index (χ4v) is 8.46. The van der Waals surface area contributed by atoms with E-state index in [9.17, 15) is 9.59 Å². The van der Waals surface area contributed by atoms with Crippen LogP contribution in [0.1, 0.15) is 69.1 Å². The molecule has 0 aromatic heterocycles. The number of benzene rings is 6. The molecule has 0 heterocycles. The van der Waals surface area contributed by atoms with E-state index in [1.165, 1.54) is 71.6 Å². The molecule has 1 aliphatic rings. The van der Waals surface area contributed by atoms with Crippen molar-refractivity contribution in [3.63, 3.8) is 0 Å². The molecule has 1 aliphatic carbocycles. The molecular weight excluding hydrogens is 665 g/mol. The summed E-state index contributed by atoms with van der Waals surface area (Å²) in [4.78, 5) is 24.3. The first kappa shape index (κ1) is 36.6. The van der Waals surface area contributed by atoms with E-state index in [1.54, 1.807) is 13.8 Å². The molecule has 0 fully saturated rings. The van der Waals surface area contributed by atoms with Crippen LogP contribution in [0.3, 0.4) is 0 Å². The van der Waals surface area contributed by atoms with Crippen molar-refractivity contribution < 1.29 is 19.1 Å². The minimum atomic E-state index is -0.344. The van der Waals surface area contributed by atoms with Crippen molar-refractivity contribution in [1.82, 2.24) is 0 Å². The number of aryl methyl sites for hydroxylation is 1. The van der Waals surface area contributed by atoms with Gasteiger partial charge in [0.1, 0.15) is 0 Å². The van der Waals surface area contributed by atoms with Gasteiger partial charge in [-0.05, 0) is 131 Å². The third kappa shape index (κ3) is 7.01. The van der Waals surface area contributed by atoms with Gasteiger partial charge in [0.25, 0.3) is 0 Å². The summed E-state index contributed by atoms with van der Waals surface area (Å²) in [5.41, 5.74) is 11.9. The highest BCUT2D eigenvalue weighted by atomic mass is 16.5. The number of ether oxygens (including phenoxy) is 2. The normalized spacial score (nSPS) is 12.6. The van der Waals surface area contributed by atoms with Crippen LogP contribution in [0.25, 0.3) is 54.9 Å². The minimum Gasteiger partial charge on any atom is -0.462 e. The fraction of sp³-hybridized carbons (Fsp3) is 0.240. The van der Waals surface area contributed by atoms with E-state index in [0.29, 0.717) is 24.4 Å². The maximum Gasteiger partial charge on any atom is 0.333 e. The number of hydrogen-bond acceptors (Lipinski definition) is 4. The van der Waals surface area contributed by atoms with Crippen LogP contribution >= 0.6 is 0 Å². The van der Waals surface area contributed by atoms with E-state index in [0.717, 1.165) is 38.5 Å². The zero-order valence-corrected chi connectivity index (χ0v) is 31.7. The van der Waals surface area contributed by atoms with E-state index in [1.807, 2.05) is 0 Å². The smallest absolute Gasteiger partial charge is 0.333 e. The zero-order chi connectivity index (χ0) is 37.8. The maximum atomic E-state index is 12.2. The average molecular weight is 713 g/mol. The molecule has 0 saturated carbocycles. The third-order valence-electron chi connectivity index (χ3n) is 11.0. The highest BCUT2D eigenvalue weighted by Gasteiger charge is 2.42. The number of hydrogen-bond donors (Lipinski definition) is 0. The zero-order valence-electron chi connectivity index (χ0n) is 31.7. The number of carbonyl (C=O) groups excluding carboxylic acids is 2. The first-order valence-electron chi connectivity index (χ1n) is 19.1. The Kier molecular flexibility index (Phi) is 10.6. The Balaban J connectivity index is 1.35. The Morgan fingerprint density at radius 1 is 0.537 bits per heavy atom. The first-order valence-corrected chi connectivity index (χ1v) is 19.1. The van der Waals surface area contributed by atoms with Gasteiger partial charge in [-0.25, -0.2) is 9.59 Å². The van der Waals surface area contributed by atoms with Crippen LogP contribution in [0.5, 0.6) is 0 Å². The van der Waals surface area contributed by atoms with Gasteiger partial charge < -0.3 is 9.47 Å². The molecule has 4 heteroatoms. The lowest BCUT2D eigenvalue weighted by Crippen LogP contribution is -2.26. The van der Waals surface area contributed by atoms with Crippen molar-refractivity contribution in [2.75, 3.05) is 13.2 Å². The highest BCUT2D eigenvalue weighted by molar-refractivity contribution is 6.21. The molecule has 6 aromatic carbocycles. The van der Waals surface area contributed by atoms with Crippen LogP contribution in [-0.4, -0.2) is 25.2 Å². The highest BCUT2D eigenvalue weighted by Crippen LogP contribution is 2.55. The second-order valence-corrected chi connectivity index (χ2v) is 14.8. The van der Waals surface area contributed by atoms with E-state index in [2.05, 4.69) is 135 Å². The van der Waals surface area contributed by atoms with Gasteiger partial charge in [-0.15, -0.1) is 0 Å². The Morgan fingerprint density at radius 3 is 1.54 bits per heavy atom. The van der Waals surface area contributed by atoms with E-state index in [4.69, 9.17) is 9.47 Å². The second-order valence-electron chi connectivity index (χ2n) is 14.8. The predicted molar refractivity (Wildman–Crippen MR) is 223 cm³/mol. The molecule has 0 amide bonds. The Hall–Kier alpha value is -5.74. The van der Waals surface area contributed by atoms with Gasteiger partial charge >= 0.3 is 11.9 Å². The molecule has 54 heavy (non-hydrogen) atoms. The van der Waals surface area contributed by atoms with Gasteiger partial charge in [0.05, 0.1) is 13.2 Å². The molecular formula is C50H48O4. The predicted octanol–water partition coefficient (Wildman–Crippen LogP) is 12.5. The van der Waals surface area contributed by atoms with Gasteiger partial charge in [-0.2, -0.15) is 0 Å². The van der Waals surface area contributed by atoms with Crippen LogP contribution in [-0.2, 0) is 24.5 Å². The van der Waals surface area contributed by atoms with Crippen LogP contribution in [0, 0.1) is 6.92 Å².